The van der Waals surface area contributed by atoms with Gasteiger partial charge in [-0.3, -0.25) is 4.79 Å². The van der Waals surface area contributed by atoms with Crippen molar-refractivity contribution in [3.63, 3.8) is 0 Å². The Morgan fingerprint density at radius 2 is 1.45 bits per heavy atom. The summed E-state index contributed by atoms with van der Waals surface area (Å²) in [5.41, 5.74) is 1.88. The molecule has 116 valence electrons. The maximum Gasteiger partial charge on any atom is 0.282 e. The van der Waals surface area contributed by atoms with Gasteiger partial charge in [0.1, 0.15) is 6.04 Å². The van der Waals surface area contributed by atoms with Crippen LogP contribution in [0.25, 0.3) is 0 Å². The van der Waals surface area contributed by atoms with Crippen LogP contribution in [0, 0.1) is 0 Å². The summed E-state index contributed by atoms with van der Waals surface area (Å²) in [6.07, 6.45) is 0. The molecule has 0 radical (unpaired) electrons. The van der Waals surface area contributed by atoms with E-state index in [0.29, 0.717) is 10.0 Å². The molecule has 0 saturated carbocycles. The Bertz CT molecular complexity index is 626. The number of benzene rings is 2. The van der Waals surface area contributed by atoms with Crippen molar-refractivity contribution in [3.8, 4) is 0 Å². The van der Waals surface area contributed by atoms with Crippen molar-refractivity contribution in [1.29, 1.82) is 0 Å². The van der Waals surface area contributed by atoms with E-state index in [2.05, 4.69) is 12.2 Å². The van der Waals surface area contributed by atoms with Gasteiger partial charge in [-0.25, -0.2) is 0 Å². The lowest BCUT2D eigenvalue weighted by Crippen LogP contribution is -2.91. The third-order valence-electron chi connectivity index (χ3n) is 3.50. The predicted octanol–water partition coefficient (Wildman–Crippen LogP) is 3.65. The Hall–Kier alpha value is -1.55. The highest BCUT2D eigenvalue weighted by molar-refractivity contribution is 6.30. The highest BCUT2D eigenvalue weighted by atomic mass is 35.5. The van der Waals surface area contributed by atoms with Crippen molar-refractivity contribution in [3.05, 3.63) is 64.1 Å². The quantitative estimate of drug-likeness (QED) is 0.859. The van der Waals surface area contributed by atoms with E-state index in [9.17, 15) is 4.79 Å². The fourth-order valence-electron chi connectivity index (χ4n) is 2.19. The average Bonchev–Trinajstić information content (AvgIpc) is 2.50. The Balaban J connectivity index is 1.93. The fraction of sp³-hybridized carbons (Fsp3) is 0.235. The van der Waals surface area contributed by atoms with E-state index < -0.39 is 0 Å². The van der Waals surface area contributed by atoms with Gasteiger partial charge < -0.3 is 10.6 Å². The molecule has 1 amide bonds. The SMILES string of the molecule is C[C@H]([NH2+][C@H](C)c1ccc(Cl)cc1)C(=O)Nc1ccc(Cl)cc1. The molecule has 2 rings (SSSR count). The predicted molar refractivity (Wildman–Crippen MR) is 91.3 cm³/mol. The van der Waals surface area contributed by atoms with Gasteiger partial charge in [0.05, 0.1) is 0 Å². The minimum atomic E-state index is -0.207. The van der Waals surface area contributed by atoms with Gasteiger partial charge in [0.2, 0.25) is 0 Å². The van der Waals surface area contributed by atoms with Crippen LogP contribution >= 0.6 is 23.2 Å². The first kappa shape index (κ1) is 16.8. The number of hydrogen-bond acceptors (Lipinski definition) is 1. The zero-order valence-electron chi connectivity index (χ0n) is 12.5. The number of quaternary nitrogens is 1. The van der Waals surface area contributed by atoms with Gasteiger partial charge in [0.25, 0.3) is 5.91 Å². The number of halogens is 2. The van der Waals surface area contributed by atoms with Crippen LogP contribution in [0.1, 0.15) is 25.5 Å². The van der Waals surface area contributed by atoms with E-state index in [0.717, 1.165) is 11.3 Å². The first-order valence-electron chi connectivity index (χ1n) is 7.12. The average molecular weight is 338 g/mol. The summed E-state index contributed by atoms with van der Waals surface area (Å²) in [4.78, 5) is 12.2. The Kier molecular flexibility index (Phi) is 5.83. The van der Waals surface area contributed by atoms with E-state index in [-0.39, 0.29) is 18.0 Å². The van der Waals surface area contributed by atoms with Gasteiger partial charge in [-0.15, -0.1) is 0 Å². The molecule has 2 aromatic rings. The number of nitrogens with two attached hydrogens (primary N) is 1. The highest BCUT2D eigenvalue weighted by Crippen LogP contribution is 2.15. The van der Waals surface area contributed by atoms with E-state index in [1.807, 2.05) is 36.5 Å². The molecule has 0 spiro atoms. The molecule has 0 aromatic heterocycles. The van der Waals surface area contributed by atoms with Crippen LogP contribution in [0.3, 0.4) is 0 Å². The smallest absolute Gasteiger partial charge is 0.282 e. The molecule has 0 unspecified atom stereocenters. The van der Waals surface area contributed by atoms with E-state index in [1.165, 1.54) is 0 Å². The molecule has 2 atom stereocenters. The first-order chi connectivity index (χ1) is 10.5. The summed E-state index contributed by atoms with van der Waals surface area (Å²) >= 11 is 11.7. The molecular weight excluding hydrogens is 319 g/mol. The van der Waals surface area contributed by atoms with Crippen molar-refractivity contribution in [2.45, 2.75) is 25.9 Å². The number of anilines is 1. The lowest BCUT2D eigenvalue weighted by atomic mass is 10.1. The lowest BCUT2D eigenvalue weighted by Gasteiger charge is -2.17. The van der Waals surface area contributed by atoms with Crippen LogP contribution < -0.4 is 10.6 Å². The van der Waals surface area contributed by atoms with Gasteiger partial charge in [0, 0.05) is 21.3 Å². The molecule has 5 heteroatoms. The maximum atomic E-state index is 12.2. The largest absolute Gasteiger partial charge is 0.330 e. The second-order valence-electron chi connectivity index (χ2n) is 5.32. The number of hydrogen-bond donors (Lipinski definition) is 2. The zero-order chi connectivity index (χ0) is 16.1. The molecule has 0 aliphatic carbocycles. The standard InChI is InChI=1S/C17H18Cl2N2O/c1-11(13-3-5-14(18)6-4-13)20-12(2)17(22)21-16-9-7-15(19)8-10-16/h3-12,20H,1-2H3,(H,21,22)/p+1/t11-,12+/m1/s1. The van der Waals surface area contributed by atoms with Gasteiger partial charge in [-0.05, 0) is 50.2 Å². The first-order valence-corrected chi connectivity index (χ1v) is 7.88. The molecule has 3 N–H and O–H groups in total. The number of nitrogens with one attached hydrogen (secondary N) is 1. The molecule has 0 aliphatic rings. The summed E-state index contributed by atoms with van der Waals surface area (Å²) in [6.45, 7) is 3.95. The van der Waals surface area contributed by atoms with Gasteiger partial charge in [0.15, 0.2) is 6.04 Å². The molecule has 2 aromatic carbocycles. The van der Waals surface area contributed by atoms with Crippen molar-refractivity contribution in [1.82, 2.24) is 0 Å². The van der Waals surface area contributed by atoms with Crippen molar-refractivity contribution < 1.29 is 10.1 Å². The molecule has 0 heterocycles. The number of carbonyl (C=O) groups excluding carboxylic acids is 1. The third-order valence-corrected chi connectivity index (χ3v) is 4.00. The fourth-order valence-corrected chi connectivity index (χ4v) is 2.44. The van der Waals surface area contributed by atoms with Gasteiger partial charge >= 0.3 is 0 Å². The highest BCUT2D eigenvalue weighted by Gasteiger charge is 2.20. The van der Waals surface area contributed by atoms with Crippen LogP contribution in [-0.4, -0.2) is 11.9 Å². The van der Waals surface area contributed by atoms with Crippen LogP contribution in [0.15, 0.2) is 48.5 Å². The monoisotopic (exact) mass is 337 g/mol. The molecule has 0 fully saturated rings. The van der Waals surface area contributed by atoms with E-state index >= 15 is 0 Å². The molecule has 0 aliphatic heterocycles. The van der Waals surface area contributed by atoms with Crippen LogP contribution in [-0.2, 0) is 4.79 Å². The number of carbonyl (C=O) groups is 1. The van der Waals surface area contributed by atoms with Crippen LogP contribution in [0.4, 0.5) is 5.69 Å². The van der Waals surface area contributed by atoms with Gasteiger partial charge in [-0.1, -0.05) is 35.3 Å². The summed E-state index contributed by atoms with van der Waals surface area (Å²) in [7, 11) is 0. The van der Waals surface area contributed by atoms with Crippen molar-refractivity contribution in [2.24, 2.45) is 0 Å². The topological polar surface area (TPSA) is 45.7 Å². The molecule has 0 saturated heterocycles. The second kappa shape index (κ2) is 7.63. The Morgan fingerprint density at radius 3 is 2.00 bits per heavy atom. The van der Waals surface area contributed by atoms with Crippen LogP contribution in [0.5, 0.6) is 0 Å². The maximum absolute atomic E-state index is 12.2. The third kappa shape index (κ3) is 4.73. The summed E-state index contributed by atoms with van der Waals surface area (Å²) in [6, 6.07) is 14.7. The minimum absolute atomic E-state index is 0.0388. The normalized spacial score (nSPS) is 13.5. The minimum Gasteiger partial charge on any atom is -0.330 e. The molecule has 22 heavy (non-hydrogen) atoms. The molecule has 0 bridgehead atoms. The Labute approximate surface area is 140 Å². The zero-order valence-corrected chi connectivity index (χ0v) is 14.0. The Morgan fingerprint density at radius 1 is 0.955 bits per heavy atom. The second-order valence-corrected chi connectivity index (χ2v) is 6.19. The summed E-state index contributed by atoms with van der Waals surface area (Å²) in [5, 5.41) is 6.27. The van der Waals surface area contributed by atoms with Gasteiger partial charge in [-0.2, -0.15) is 0 Å². The van der Waals surface area contributed by atoms with Crippen molar-refractivity contribution in [2.75, 3.05) is 5.32 Å². The van der Waals surface area contributed by atoms with E-state index in [4.69, 9.17) is 23.2 Å². The van der Waals surface area contributed by atoms with E-state index in [1.54, 1.807) is 24.3 Å². The summed E-state index contributed by atoms with van der Waals surface area (Å²) in [5.74, 6) is -0.0388. The number of rotatable bonds is 5. The molecular formula is C17H19Cl2N2O+. The molecule has 3 nitrogen and oxygen atoms in total. The lowest BCUT2D eigenvalue weighted by molar-refractivity contribution is -0.709. The van der Waals surface area contributed by atoms with Crippen LogP contribution in [0.2, 0.25) is 10.0 Å². The van der Waals surface area contributed by atoms with Crippen molar-refractivity contribution >= 4 is 34.8 Å². The number of amides is 1. The summed E-state index contributed by atoms with van der Waals surface area (Å²) < 4.78 is 0.